The predicted molar refractivity (Wildman–Crippen MR) is 124 cm³/mol. The zero-order chi connectivity index (χ0) is 21.0. The molecular weight excluding hydrogens is 406 g/mol. The molecule has 1 N–H and O–H groups in total. The van der Waals surface area contributed by atoms with Crippen molar-refractivity contribution >= 4 is 28.6 Å². The Hall–Kier alpha value is -3.06. The van der Waals surface area contributed by atoms with Crippen molar-refractivity contribution < 1.29 is 4.79 Å². The van der Waals surface area contributed by atoms with Gasteiger partial charge < -0.3 is 5.32 Å². The monoisotopic (exact) mass is 431 g/mol. The summed E-state index contributed by atoms with van der Waals surface area (Å²) in [6.07, 6.45) is 8.14. The van der Waals surface area contributed by atoms with E-state index in [1.807, 2.05) is 53.9 Å². The number of hydrogen-bond acceptors (Lipinski definition) is 5. The Morgan fingerprint density at radius 1 is 1.03 bits per heavy atom. The molecule has 0 bridgehead atoms. The van der Waals surface area contributed by atoms with E-state index in [4.69, 9.17) is 5.10 Å². The molecule has 31 heavy (non-hydrogen) atoms. The van der Waals surface area contributed by atoms with Crippen molar-refractivity contribution in [3.05, 3.63) is 53.9 Å². The van der Waals surface area contributed by atoms with Gasteiger partial charge in [-0.1, -0.05) is 50.3 Å². The third-order valence-electron chi connectivity index (χ3n) is 5.97. The van der Waals surface area contributed by atoms with Crippen molar-refractivity contribution in [1.82, 2.24) is 19.8 Å². The van der Waals surface area contributed by atoms with Crippen molar-refractivity contribution in [3.63, 3.8) is 0 Å². The van der Waals surface area contributed by atoms with Crippen LogP contribution in [0.15, 0.2) is 53.9 Å². The lowest BCUT2D eigenvalue weighted by atomic mass is 9.86. The van der Waals surface area contributed by atoms with Crippen molar-refractivity contribution in [2.24, 2.45) is 5.92 Å². The molecule has 0 aliphatic heterocycles. The molecule has 1 aliphatic carbocycles. The maximum absolute atomic E-state index is 12.3. The van der Waals surface area contributed by atoms with Gasteiger partial charge in [-0.25, -0.2) is 0 Å². The van der Waals surface area contributed by atoms with Gasteiger partial charge in [0.1, 0.15) is 0 Å². The molecule has 5 rings (SSSR count). The van der Waals surface area contributed by atoms with E-state index in [1.165, 1.54) is 32.1 Å². The number of carbonyl (C=O) groups is 1. The van der Waals surface area contributed by atoms with E-state index in [0.29, 0.717) is 12.1 Å². The van der Waals surface area contributed by atoms with Gasteiger partial charge in [0, 0.05) is 17.7 Å². The lowest BCUT2D eigenvalue weighted by Crippen LogP contribution is -2.14. The molecule has 1 fully saturated rings. The van der Waals surface area contributed by atoms with Crippen molar-refractivity contribution in [2.75, 3.05) is 5.32 Å². The molecule has 1 aliphatic rings. The third kappa shape index (κ3) is 4.51. The van der Waals surface area contributed by atoms with Gasteiger partial charge in [-0.2, -0.15) is 9.61 Å². The fraction of sp³-hybridized carbons (Fsp3) is 0.333. The number of carbonyl (C=O) groups excluding carboxylic acids is 1. The molecule has 0 spiro atoms. The zero-order valence-corrected chi connectivity index (χ0v) is 18.1. The fourth-order valence-corrected chi connectivity index (χ4v) is 4.95. The molecule has 0 saturated heterocycles. The predicted octanol–water partition coefficient (Wildman–Crippen LogP) is 5.82. The minimum atomic E-state index is 0.1000. The van der Waals surface area contributed by atoms with Crippen molar-refractivity contribution in [2.45, 2.75) is 44.9 Å². The number of nitrogens with one attached hydrogen (secondary N) is 1. The highest BCUT2D eigenvalue weighted by Gasteiger charge is 2.15. The molecular formula is C24H25N5OS. The molecule has 0 radical (unpaired) electrons. The Morgan fingerprint density at radius 2 is 1.87 bits per heavy atom. The van der Waals surface area contributed by atoms with E-state index in [9.17, 15) is 4.79 Å². The second kappa shape index (κ2) is 8.98. The van der Waals surface area contributed by atoms with E-state index >= 15 is 0 Å². The summed E-state index contributed by atoms with van der Waals surface area (Å²) in [7, 11) is 0. The number of rotatable bonds is 6. The van der Waals surface area contributed by atoms with Gasteiger partial charge >= 0.3 is 0 Å². The summed E-state index contributed by atoms with van der Waals surface area (Å²) in [5.74, 6) is 1.57. The van der Waals surface area contributed by atoms with E-state index in [1.54, 1.807) is 15.9 Å². The maximum Gasteiger partial charge on any atom is 0.224 e. The van der Waals surface area contributed by atoms with Crippen LogP contribution < -0.4 is 5.32 Å². The molecule has 1 amide bonds. The summed E-state index contributed by atoms with van der Waals surface area (Å²) in [6, 6.07) is 15.7. The van der Waals surface area contributed by atoms with E-state index in [0.717, 1.165) is 40.0 Å². The number of nitrogens with zero attached hydrogens (tertiary/aromatic N) is 4. The SMILES string of the molecule is O=C(CCC1CCCCC1)Nc1ccc(-c2ccc3nnc(-c4cccs4)n3n2)cc1. The molecule has 7 heteroatoms. The highest BCUT2D eigenvalue weighted by Crippen LogP contribution is 2.28. The Labute approximate surface area is 185 Å². The number of amides is 1. The molecule has 1 aromatic carbocycles. The summed E-state index contributed by atoms with van der Waals surface area (Å²) in [5, 5.41) is 18.3. The standard InChI is InChI=1S/C24H25N5OS/c30-23(15-8-17-5-2-1-3-6-17)25-19-11-9-18(10-12-19)20-13-14-22-26-27-24(29(22)28-20)21-7-4-16-31-21/h4,7,9-14,16-17H,1-3,5-6,8,15H2,(H,25,30). The molecule has 158 valence electrons. The van der Waals surface area contributed by atoms with Crippen LogP contribution in [0.3, 0.4) is 0 Å². The topological polar surface area (TPSA) is 72.2 Å². The van der Waals surface area contributed by atoms with Gasteiger partial charge in [0.05, 0.1) is 10.6 Å². The van der Waals surface area contributed by atoms with Gasteiger partial charge in [0.2, 0.25) is 5.91 Å². The van der Waals surface area contributed by atoms with Crippen LogP contribution in [0.1, 0.15) is 44.9 Å². The van der Waals surface area contributed by atoms with Crippen LogP contribution in [0.4, 0.5) is 5.69 Å². The first-order valence-corrected chi connectivity index (χ1v) is 11.8. The van der Waals surface area contributed by atoms with Gasteiger partial charge in [-0.3, -0.25) is 4.79 Å². The second-order valence-corrected chi connectivity index (χ2v) is 9.11. The van der Waals surface area contributed by atoms with Gasteiger partial charge in [-0.05, 0) is 48.1 Å². The quantitative estimate of drug-likeness (QED) is 0.418. The van der Waals surface area contributed by atoms with Crippen LogP contribution in [0, 0.1) is 5.92 Å². The third-order valence-corrected chi connectivity index (χ3v) is 6.84. The number of anilines is 1. The van der Waals surface area contributed by atoms with Crippen LogP contribution in [0.2, 0.25) is 0 Å². The lowest BCUT2D eigenvalue weighted by Gasteiger charge is -2.21. The summed E-state index contributed by atoms with van der Waals surface area (Å²) < 4.78 is 1.78. The molecule has 6 nitrogen and oxygen atoms in total. The second-order valence-electron chi connectivity index (χ2n) is 8.16. The van der Waals surface area contributed by atoms with Gasteiger partial charge in [0.25, 0.3) is 0 Å². The van der Waals surface area contributed by atoms with Crippen LogP contribution in [-0.4, -0.2) is 25.7 Å². The van der Waals surface area contributed by atoms with Crippen molar-refractivity contribution in [1.29, 1.82) is 0 Å². The average molecular weight is 432 g/mol. The fourth-order valence-electron chi connectivity index (χ4n) is 4.26. The molecule has 4 aromatic rings. The Kier molecular flexibility index (Phi) is 5.76. The number of aromatic nitrogens is 4. The number of benzene rings is 1. The normalized spacial score (nSPS) is 14.7. The van der Waals surface area contributed by atoms with Gasteiger partial charge in [0.15, 0.2) is 11.5 Å². The molecule has 3 heterocycles. The van der Waals surface area contributed by atoms with Crippen molar-refractivity contribution in [3.8, 4) is 22.0 Å². The zero-order valence-electron chi connectivity index (χ0n) is 17.3. The summed E-state index contributed by atoms with van der Waals surface area (Å²) >= 11 is 1.61. The largest absolute Gasteiger partial charge is 0.326 e. The van der Waals surface area contributed by atoms with Crippen LogP contribution in [-0.2, 0) is 4.79 Å². The Balaban J connectivity index is 1.27. The summed E-state index contributed by atoms with van der Waals surface area (Å²) in [4.78, 5) is 13.4. The number of hydrogen-bond donors (Lipinski definition) is 1. The Bertz CT molecular complexity index is 1160. The minimum Gasteiger partial charge on any atom is -0.326 e. The van der Waals surface area contributed by atoms with Crippen LogP contribution >= 0.6 is 11.3 Å². The summed E-state index contributed by atoms with van der Waals surface area (Å²) in [5.41, 5.74) is 3.35. The molecule has 0 unspecified atom stereocenters. The highest BCUT2D eigenvalue weighted by atomic mass is 32.1. The number of thiophene rings is 1. The Morgan fingerprint density at radius 3 is 2.65 bits per heavy atom. The minimum absolute atomic E-state index is 0.1000. The number of fused-ring (bicyclic) bond motifs is 1. The van der Waals surface area contributed by atoms with Crippen LogP contribution in [0.5, 0.6) is 0 Å². The maximum atomic E-state index is 12.3. The average Bonchev–Trinajstić information content (AvgIpc) is 3.48. The van der Waals surface area contributed by atoms with E-state index in [2.05, 4.69) is 15.5 Å². The van der Waals surface area contributed by atoms with Crippen LogP contribution in [0.25, 0.3) is 27.6 Å². The summed E-state index contributed by atoms with van der Waals surface area (Å²) in [6.45, 7) is 0. The highest BCUT2D eigenvalue weighted by molar-refractivity contribution is 7.13. The molecule has 3 aromatic heterocycles. The molecule has 1 saturated carbocycles. The lowest BCUT2D eigenvalue weighted by molar-refractivity contribution is -0.116. The van der Waals surface area contributed by atoms with E-state index in [-0.39, 0.29) is 5.91 Å². The smallest absolute Gasteiger partial charge is 0.224 e. The van der Waals surface area contributed by atoms with E-state index < -0.39 is 0 Å². The first-order chi connectivity index (χ1) is 15.3. The van der Waals surface area contributed by atoms with Gasteiger partial charge in [-0.15, -0.1) is 21.5 Å². The first-order valence-electron chi connectivity index (χ1n) is 10.9. The molecule has 0 atom stereocenters. The first kappa shape index (κ1) is 19.9.